The van der Waals surface area contributed by atoms with Crippen molar-refractivity contribution < 1.29 is 0 Å². The number of aromatic nitrogens is 3. The topological polar surface area (TPSA) is 50.7 Å². The van der Waals surface area contributed by atoms with Gasteiger partial charge in [-0.05, 0) is 23.7 Å². The Labute approximate surface area is 113 Å². The highest BCUT2D eigenvalue weighted by molar-refractivity contribution is 7.09. The zero-order chi connectivity index (χ0) is 12.4. The van der Waals surface area contributed by atoms with E-state index in [2.05, 4.69) is 20.3 Å². The zero-order valence-corrected chi connectivity index (χ0v) is 10.9. The maximum Gasteiger partial charge on any atom is 0.224 e. The standard InChI is InChI=1S/C12H9ClN4S/c13-12-16-10-4-2-1-3-9(10)11(17-12)15-6-8-5-14-7-18-8/h1-5,7H,6H2,(H,15,16,17). The van der Waals surface area contributed by atoms with Crippen molar-refractivity contribution in [2.24, 2.45) is 0 Å². The quantitative estimate of drug-likeness (QED) is 0.746. The van der Waals surface area contributed by atoms with Crippen molar-refractivity contribution in [1.29, 1.82) is 0 Å². The summed E-state index contributed by atoms with van der Waals surface area (Å²) in [5.74, 6) is 0.749. The zero-order valence-electron chi connectivity index (χ0n) is 9.30. The normalized spacial score (nSPS) is 10.7. The molecule has 90 valence electrons. The van der Waals surface area contributed by atoms with E-state index in [1.807, 2.05) is 36.0 Å². The molecule has 0 saturated carbocycles. The maximum atomic E-state index is 5.91. The van der Waals surface area contributed by atoms with E-state index >= 15 is 0 Å². The Morgan fingerprint density at radius 2 is 2.11 bits per heavy atom. The number of nitrogens with zero attached hydrogens (tertiary/aromatic N) is 3. The number of halogens is 1. The lowest BCUT2D eigenvalue weighted by molar-refractivity contribution is 1.12. The SMILES string of the molecule is Clc1nc(NCc2cncs2)c2ccccc2n1. The van der Waals surface area contributed by atoms with Crippen LogP contribution in [0.5, 0.6) is 0 Å². The Hall–Kier alpha value is -1.72. The number of thiazole rings is 1. The van der Waals surface area contributed by atoms with Gasteiger partial charge in [-0.1, -0.05) is 12.1 Å². The van der Waals surface area contributed by atoms with Crippen molar-refractivity contribution in [1.82, 2.24) is 15.0 Å². The van der Waals surface area contributed by atoms with Crippen molar-refractivity contribution >= 4 is 39.7 Å². The number of rotatable bonds is 3. The van der Waals surface area contributed by atoms with Crippen LogP contribution in [0.25, 0.3) is 10.9 Å². The third kappa shape index (κ3) is 2.27. The molecule has 0 spiro atoms. The molecular weight excluding hydrogens is 268 g/mol. The van der Waals surface area contributed by atoms with Crippen molar-refractivity contribution in [2.45, 2.75) is 6.54 Å². The third-order valence-corrected chi connectivity index (χ3v) is 3.44. The lowest BCUT2D eigenvalue weighted by Crippen LogP contribution is -2.02. The Bertz CT molecular complexity index is 669. The summed E-state index contributed by atoms with van der Waals surface area (Å²) >= 11 is 7.51. The molecule has 3 aromatic rings. The van der Waals surface area contributed by atoms with Crippen molar-refractivity contribution in [3.8, 4) is 0 Å². The highest BCUT2D eigenvalue weighted by Gasteiger charge is 2.06. The van der Waals surface area contributed by atoms with Crippen LogP contribution in [0.1, 0.15) is 4.88 Å². The molecule has 0 saturated heterocycles. The van der Waals surface area contributed by atoms with Crippen LogP contribution in [0.3, 0.4) is 0 Å². The summed E-state index contributed by atoms with van der Waals surface area (Å²) in [5, 5.41) is 4.48. The minimum absolute atomic E-state index is 0.250. The first kappa shape index (κ1) is 11.4. The minimum atomic E-state index is 0.250. The molecule has 0 aliphatic rings. The first-order chi connectivity index (χ1) is 8.83. The van der Waals surface area contributed by atoms with Crippen LogP contribution in [0.15, 0.2) is 36.0 Å². The second-order valence-electron chi connectivity index (χ2n) is 3.68. The van der Waals surface area contributed by atoms with Gasteiger partial charge in [-0.2, -0.15) is 0 Å². The summed E-state index contributed by atoms with van der Waals surface area (Å²) in [6.45, 7) is 0.683. The summed E-state index contributed by atoms with van der Waals surface area (Å²) in [4.78, 5) is 13.6. The van der Waals surface area contributed by atoms with E-state index in [0.717, 1.165) is 21.6 Å². The Morgan fingerprint density at radius 3 is 2.94 bits per heavy atom. The summed E-state index contributed by atoms with van der Waals surface area (Å²) in [6.07, 6.45) is 1.84. The largest absolute Gasteiger partial charge is 0.364 e. The van der Waals surface area contributed by atoms with Gasteiger partial charge in [0.2, 0.25) is 5.28 Å². The van der Waals surface area contributed by atoms with E-state index in [9.17, 15) is 0 Å². The lowest BCUT2D eigenvalue weighted by atomic mass is 10.2. The Morgan fingerprint density at radius 1 is 1.22 bits per heavy atom. The highest BCUT2D eigenvalue weighted by Crippen LogP contribution is 2.22. The average Bonchev–Trinajstić information content (AvgIpc) is 2.89. The van der Waals surface area contributed by atoms with Gasteiger partial charge in [0, 0.05) is 16.5 Å². The predicted octanol–water partition coefficient (Wildman–Crippen LogP) is 3.35. The van der Waals surface area contributed by atoms with E-state index in [1.54, 1.807) is 11.3 Å². The molecule has 0 aliphatic carbocycles. The molecule has 6 heteroatoms. The first-order valence-corrected chi connectivity index (χ1v) is 6.62. The van der Waals surface area contributed by atoms with Gasteiger partial charge in [0.15, 0.2) is 0 Å². The fourth-order valence-corrected chi connectivity index (χ4v) is 2.39. The average molecular weight is 277 g/mol. The number of benzene rings is 1. The van der Waals surface area contributed by atoms with Crippen LogP contribution in [0.4, 0.5) is 5.82 Å². The van der Waals surface area contributed by atoms with Crippen LogP contribution in [0, 0.1) is 0 Å². The number of anilines is 1. The van der Waals surface area contributed by atoms with Gasteiger partial charge in [-0.15, -0.1) is 11.3 Å². The van der Waals surface area contributed by atoms with Crippen LogP contribution in [-0.4, -0.2) is 15.0 Å². The van der Waals surface area contributed by atoms with Gasteiger partial charge in [-0.3, -0.25) is 4.98 Å². The molecule has 1 N–H and O–H groups in total. The van der Waals surface area contributed by atoms with Gasteiger partial charge in [0.25, 0.3) is 0 Å². The van der Waals surface area contributed by atoms with Gasteiger partial charge < -0.3 is 5.32 Å². The number of hydrogen-bond donors (Lipinski definition) is 1. The molecular formula is C12H9ClN4S. The van der Waals surface area contributed by atoms with Gasteiger partial charge in [0.05, 0.1) is 17.6 Å². The Kier molecular flexibility index (Phi) is 3.08. The second-order valence-corrected chi connectivity index (χ2v) is 4.99. The number of hydrogen-bond acceptors (Lipinski definition) is 5. The molecule has 0 unspecified atom stereocenters. The van der Waals surface area contributed by atoms with Gasteiger partial charge >= 0.3 is 0 Å². The van der Waals surface area contributed by atoms with Gasteiger partial charge in [0.1, 0.15) is 5.82 Å². The van der Waals surface area contributed by atoms with Crippen LogP contribution in [0.2, 0.25) is 5.28 Å². The number of fused-ring (bicyclic) bond motifs is 1. The van der Waals surface area contributed by atoms with Crippen molar-refractivity contribution in [2.75, 3.05) is 5.32 Å². The van der Waals surface area contributed by atoms with Gasteiger partial charge in [-0.25, -0.2) is 9.97 Å². The third-order valence-electron chi connectivity index (χ3n) is 2.49. The molecule has 0 amide bonds. The summed E-state index contributed by atoms with van der Waals surface area (Å²) in [7, 11) is 0. The molecule has 0 aliphatic heterocycles. The fraction of sp³-hybridized carbons (Fsp3) is 0.0833. The van der Waals surface area contributed by atoms with E-state index in [1.165, 1.54) is 0 Å². The van der Waals surface area contributed by atoms with E-state index in [4.69, 9.17) is 11.6 Å². The molecule has 0 fully saturated rings. The van der Waals surface area contributed by atoms with E-state index in [-0.39, 0.29) is 5.28 Å². The molecule has 4 nitrogen and oxygen atoms in total. The molecule has 3 rings (SSSR count). The fourth-order valence-electron chi connectivity index (χ4n) is 1.68. The van der Waals surface area contributed by atoms with Crippen LogP contribution < -0.4 is 5.32 Å². The molecule has 2 aromatic heterocycles. The predicted molar refractivity (Wildman–Crippen MR) is 74.0 cm³/mol. The highest BCUT2D eigenvalue weighted by atomic mass is 35.5. The lowest BCUT2D eigenvalue weighted by Gasteiger charge is -2.07. The van der Waals surface area contributed by atoms with Crippen molar-refractivity contribution in [3.63, 3.8) is 0 Å². The second kappa shape index (κ2) is 4.88. The molecule has 18 heavy (non-hydrogen) atoms. The molecule has 0 radical (unpaired) electrons. The minimum Gasteiger partial charge on any atom is -0.364 e. The number of nitrogens with one attached hydrogen (secondary N) is 1. The first-order valence-electron chi connectivity index (χ1n) is 5.36. The molecule has 0 atom stereocenters. The van der Waals surface area contributed by atoms with E-state index in [0.29, 0.717) is 6.54 Å². The van der Waals surface area contributed by atoms with Crippen LogP contribution in [-0.2, 0) is 6.54 Å². The summed E-state index contributed by atoms with van der Waals surface area (Å²) in [5.41, 5.74) is 2.64. The summed E-state index contributed by atoms with van der Waals surface area (Å²) < 4.78 is 0. The smallest absolute Gasteiger partial charge is 0.224 e. The molecule has 0 bridgehead atoms. The van der Waals surface area contributed by atoms with Crippen LogP contribution >= 0.6 is 22.9 Å². The molecule has 2 heterocycles. The van der Waals surface area contributed by atoms with Crippen molar-refractivity contribution in [3.05, 3.63) is 46.1 Å². The maximum absolute atomic E-state index is 5.91. The number of para-hydroxylation sites is 1. The summed E-state index contributed by atoms with van der Waals surface area (Å²) in [6, 6.07) is 7.78. The van der Waals surface area contributed by atoms with E-state index < -0.39 is 0 Å². The monoisotopic (exact) mass is 276 g/mol. The Balaban J connectivity index is 1.95. The molecule has 1 aromatic carbocycles.